The predicted octanol–water partition coefficient (Wildman–Crippen LogP) is 1.85. The minimum absolute atomic E-state index is 0.324. The minimum Gasteiger partial charge on any atom is -0.760 e. The van der Waals surface area contributed by atoms with Crippen LogP contribution in [0.4, 0.5) is 4.39 Å². The van der Waals surface area contributed by atoms with E-state index in [0.717, 1.165) is 0 Å². The normalized spacial score (nSPS) is 21.4. The van der Waals surface area contributed by atoms with Crippen LogP contribution in [0.3, 0.4) is 0 Å². The van der Waals surface area contributed by atoms with Gasteiger partial charge >= 0.3 is 0 Å². The fourth-order valence-corrected chi connectivity index (χ4v) is 2.68. The van der Waals surface area contributed by atoms with E-state index < -0.39 is 17.3 Å². The molecule has 2 unspecified atom stereocenters. The maximum atomic E-state index is 13.3. The molecule has 0 spiro atoms. The second kappa shape index (κ2) is 4.17. The van der Waals surface area contributed by atoms with E-state index in [1.807, 2.05) is 0 Å². The zero-order valence-electron chi connectivity index (χ0n) is 7.63. The molecular formula is C9H8ClFNO2S-. The summed E-state index contributed by atoms with van der Waals surface area (Å²) in [4.78, 5) is 0. The quantitative estimate of drug-likeness (QED) is 0.812. The van der Waals surface area contributed by atoms with E-state index in [1.54, 1.807) is 0 Å². The molecule has 82 valence electrons. The first-order chi connectivity index (χ1) is 7.09. The maximum absolute atomic E-state index is 13.3. The molecular weight excluding hydrogens is 241 g/mol. The zero-order chi connectivity index (χ0) is 11.0. The van der Waals surface area contributed by atoms with Gasteiger partial charge in [-0.15, -0.1) is 0 Å². The van der Waals surface area contributed by atoms with Crippen LogP contribution >= 0.6 is 11.6 Å². The first-order valence-corrected chi connectivity index (χ1v) is 5.87. The summed E-state index contributed by atoms with van der Waals surface area (Å²) in [5.41, 5.74) is 1.09. The smallest absolute Gasteiger partial charge is 0.126 e. The fourth-order valence-electron chi connectivity index (χ4n) is 1.91. The third kappa shape index (κ3) is 2.06. The number of benzene rings is 1. The van der Waals surface area contributed by atoms with Crippen molar-refractivity contribution in [1.29, 1.82) is 0 Å². The van der Waals surface area contributed by atoms with Gasteiger partial charge in [0.05, 0.1) is 0 Å². The average molecular weight is 249 g/mol. The molecule has 2 rings (SSSR count). The van der Waals surface area contributed by atoms with Crippen LogP contribution in [0.2, 0.25) is 5.02 Å². The molecule has 1 aromatic rings. The number of rotatable bonds is 2. The predicted molar refractivity (Wildman–Crippen MR) is 54.5 cm³/mol. The third-order valence-corrected chi connectivity index (χ3v) is 3.32. The Bertz CT molecular complexity index is 427. The number of hydrogen-bond donors (Lipinski definition) is 1. The molecule has 15 heavy (non-hydrogen) atoms. The van der Waals surface area contributed by atoms with Crippen molar-refractivity contribution >= 4 is 22.9 Å². The Morgan fingerprint density at radius 2 is 2.33 bits per heavy atom. The molecule has 6 heteroatoms. The van der Waals surface area contributed by atoms with Crippen LogP contribution in [0.1, 0.15) is 23.6 Å². The molecule has 0 heterocycles. The number of halogens is 2. The van der Waals surface area contributed by atoms with Gasteiger partial charge in [-0.1, -0.05) is 11.6 Å². The van der Waals surface area contributed by atoms with Gasteiger partial charge in [-0.3, -0.25) is 4.21 Å². The van der Waals surface area contributed by atoms with Crippen molar-refractivity contribution in [3.8, 4) is 0 Å². The molecule has 0 amide bonds. The Kier molecular flexibility index (Phi) is 3.06. The standard InChI is InChI=1S/C9H9ClFNO2S/c10-6-2-3-7(11)5-1-4-8(9(5)6)12-15(13)14/h2-3,8,12H,1,4H2,(H,13,14)/p-1. The van der Waals surface area contributed by atoms with E-state index in [2.05, 4.69) is 4.72 Å². The lowest BCUT2D eigenvalue weighted by Gasteiger charge is -2.16. The monoisotopic (exact) mass is 248 g/mol. The summed E-state index contributed by atoms with van der Waals surface area (Å²) >= 11 is 3.55. The molecule has 0 bridgehead atoms. The van der Waals surface area contributed by atoms with Gasteiger partial charge in [-0.25, -0.2) is 9.11 Å². The lowest BCUT2D eigenvalue weighted by molar-refractivity contribution is 0.504. The van der Waals surface area contributed by atoms with E-state index in [9.17, 15) is 13.2 Å². The van der Waals surface area contributed by atoms with Crippen LogP contribution in [0, 0.1) is 5.82 Å². The molecule has 1 N–H and O–H groups in total. The summed E-state index contributed by atoms with van der Waals surface area (Å²) in [5, 5.41) is 0.409. The van der Waals surface area contributed by atoms with Crippen molar-refractivity contribution < 1.29 is 13.2 Å². The molecule has 1 aliphatic rings. The van der Waals surface area contributed by atoms with Gasteiger partial charge < -0.3 is 4.55 Å². The Morgan fingerprint density at radius 3 is 3.00 bits per heavy atom. The molecule has 0 radical (unpaired) electrons. The number of hydrogen-bond acceptors (Lipinski definition) is 2. The van der Waals surface area contributed by atoms with Gasteiger partial charge in [-0.05, 0) is 36.1 Å². The molecule has 1 aliphatic carbocycles. The molecule has 0 saturated carbocycles. The Hall–Kier alpha value is -0.490. The summed E-state index contributed by atoms with van der Waals surface area (Å²) in [6.45, 7) is 0. The van der Waals surface area contributed by atoms with Crippen LogP contribution in [-0.2, 0) is 17.7 Å². The number of nitrogens with one attached hydrogen (secondary N) is 1. The van der Waals surface area contributed by atoms with Gasteiger partial charge in [0, 0.05) is 22.3 Å². The minimum atomic E-state index is -2.36. The molecule has 0 aromatic heterocycles. The summed E-state index contributed by atoms with van der Waals surface area (Å²) in [6, 6.07) is 2.35. The van der Waals surface area contributed by atoms with Crippen LogP contribution in [0.25, 0.3) is 0 Å². The second-order valence-electron chi connectivity index (χ2n) is 3.37. The number of fused-ring (bicyclic) bond motifs is 1. The Morgan fingerprint density at radius 1 is 1.60 bits per heavy atom. The van der Waals surface area contributed by atoms with Crippen molar-refractivity contribution in [2.24, 2.45) is 0 Å². The molecule has 3 nitrogen and oxygen atoms in total. The van der Waals surface area contributed by atoms with Gasteiger partial charge in [0.1, 0.15) is 5.82 Å². The molecule has 0 saturated heterocycles. The summed E-state index contributed by atoms with van der Waals surface area (Å²) in [6.07, 6.45) is 1.06. The summed E-state index contributed by atoms with van der Waals surface area (Å²) in [5.74, 6) is -0.324. The van der Waals surface area contributed by atoms with Crippen molar-refractivity contribution in [2.45, 2.75) is 18.9 Å². The van der Waals surface area contributed by atoms with Crippen LogP contribution in [0.15, 0.2) is 12.1 Å². The van der Waals surface area contributed by atoms with Crippen molar-refractivity contribution in [2.75, 3.05) is 0 Å². The van der Waals surface area contributed by atoms with Gasteiger partial charge in [0.15, 0.2) is 0 Å². The topological polar surface area (TPSA) is 52.2 Å². The molecule has 0 fully saturated rings. The van der Waals surface area contributed by atoms with E-state index in [4.69, 9.17) is 11.6 Å². The largest absolute Gasteiger partial charge is 0.760 e. The zero-order valence-corrected chi connectivity index (χ0v) is 9.20. The van der Waals surface area contributed by atoms with E-state index in [1.165, 1.54) is 12.1 Å². The Labute approximate surface area is 94.1 Å². The van der Waals surface area contributed by atoms with Crippen molar-refractivity contribution in [1.82, 2.24) is 4.72 Å². The summed E-state index contributed by atoms with van der Waals surface area (Å²) < 4.78 is 36.7. The average Bonchev–Trinajstić information content (AvgIpc) is 2.56. The highest BCUT2D eigenvalue weighted by Crippen LogP contribution is 2.37. The van der Waals surface area contributed by atoms with Crippen LogP contribution in [-0.4, -0.2) is 8.76 Å². The maximum Gasteiger partial charge on any atom is 0.126 e. The van der Waals surface area contributed by atoms with Crippen molar-refractivity contribution in [3.63, 3.8) is 0 Å². The van der Waals surface area contributed by atoms with Crippen molar-refractivity contribution in [3.05, 3.63) is 34.1 Å². The van der Waals surface area contributed by atoms with Gasteiger partial charge in [0.25, 0.3) is 0 Å². The van der Waals surface area contributed by atoms with E-state index in [-0.39, 0.29) is 5.82 Å². The first-order valence-electron chi connectivity index (χ1n) is 4.42. The third-order valence-electron chi connectivity index (χ3n) is 2.52. The highest BCUT2D eigenvalue weighted by atomic mass is 35.5. The lowest BCUT2D eigenvalue weighted by Crippen LogP contribution is -2.21. The molecule has 1 aromatic carbocycles. The summed E-state index contributed by atoms with van der Waals surface area (Å²) in [7, 11) is 0. The molecule has 2 atom stereocenters. The second-order valence-corrected chi connectivity index (χ2v) is 4.48. The molecule has 0 aliphatic heterocycles. The fraction of sp³-hybridized carbons (Fsp3) is 0.333. The van der Waals surface area contributed by atoms with Crippen LogP contribution in [0.5, 0.6) is 0 Å². The first kappa shape index (κ1) is 11.0. The van der Waals surface area contributed by atoms with Crippen LogP contribution < -0.4 is 4.72 Å². The van der Waals surface area contributed by atoms with Gasteiger partial charge in [-0.2, -0.15) is 0 Å². The Balaban J connectivity index is 2.41. The highest BCUT2D eigenvalue weighted by Gasteiger charge is 2.27. The van der Waals surface area contributed by atoms with E-state index in [0.29, 0.717) is 29.0 Å². The van der Waals surface area contributed by atoms with E-state index >= 15 is 0 Å². The highest BCUT2D eigenvalue weighted by molar-refractivity contribution is 7.77. The van der Waals surface area contributed by atoms with Gasteiger partial charge in [0.2, 0.25) is 0 Å². The lowest BCUT2D eigenvalue weighted by atomic mass is 10.1. The SMILES string of the molecule is O=S([O-])NC1CCc2c(F)ccc(Cl)c21.